The van der Waals surface area contributed by atoms with Gasteiger partial charge in [-0.15, -0.1) is 0 Å². The van der Waals surface area contributed by atoms with Gasteiger partial charge in [0.25, 0.3) is 5.91 Å². The molecular formula is C16H16INO. The molecule has 0 aliphatic carbocycles. The number of benzene rings is 2. The first kappa shape index (κ1) is 14.1. The number of carbonyl (C=O) groups excluding carboxylic acids is 1. The minimum absolute atomic E-state index is 0.0476. The van der Waals surface area contributed by atoms with E-state index < -0.39 is 0 Å². The number of rotatable bonds is 4. The number of anilines is 1. The van der Waals surface area contributed by atoms with Crippen molar-refractivity contribution in [3.8, 4) is 0 Å². The molecule has 0 spiro atoms. The van der Waals surface area contributed by atoms with Crippen LogP contribution in [-0.2, 0) is 6.42 Å². The minimum Gasteiger partial charge on any atom is -0.322 e. The van der Waals surface area contributed by atoms with Crippen molar-refractivity contribution in [3.05, 3.63) is 63.2 Å². The quantitative estimate of drug-likeness (QED) is 0.795. The van der Waals surface area contributed by atoms with E-state index in [1.807, 2.05) is 42.5 Å². The molecule has 0 fully saturated rings. The van der Waals surface area contributed by atoms with E-state index in [0.29, 0.717) is 0 Å². The van der Waals surface area contributed by atoms with Gasteiger partial charge in [0.15, 0.2) is 0 Å². The average Bonchev–Trinajstić information content (AvgIpc) is 2.41. The van der Waals surface area contributed by atoms with Crippen molar-refractivity contribution in [2.24, 2.45) is 0 Å². The molecule has 0 bridgehead atoms. The van der Waals surface area contributed by atoms with Crippen molar-refractivity contribution in [3.63, 3.8) is 0 Å². The second-order valence-corrected chi connectivity index (χ2v) is 5.50. The van der Waals surface area contributed by atoms with Gasteiger partial charge >= 0.3 is 0 Å². The van der Waals surface area contributed by atoms with Crippen LogP contribution in [-0.4, -0.2) is 5.91 Å². The minimum atomic E-state index is -0.0476. The highest BCUT2D eigenvalue weighted by Gasteiger charge is 2.10. The second-order valence-electron chi connectivity index (χ2n) is 4.34. The van der Waals surface area contributed by atoms with E-state index >= 15 is 0 Å². The van der Waals surface area contributed by atoms with E-state index in [2.05, 4.69) is 40.9 Å². The maximum absolute atomic E-state index is 12.3. The normalized spacial score (nSPS) is 10.2. The molecule has 0 saturated carbocycles. The molecule has 2 nitrogen and oxygen atoms in total. The molecule has 0 heterocycles. The smallest absolute Gasteiger partial charge is 0.256 e. The van der Waals surface area contributed by atoms with Gasteiger partial charge in [0, 0.05) is 9.26 Å². The van der Waals surface area contributed by atoms with E-state index in [0.717, 1.165) is 27.7 Å². The lowest BCUT2D eigenvalue weighted by Gasteiger charge is -2.11. The van der Waals surface area contributed by atoms with E-state index in [4.69, 9.17) is 0 Å². The zero-order valence-electron chi connectivity index (χ0n) is 10.8. The van der Waals surface area contributed by atoms with Crippen LogP contribution in [0.1, 0.15) is 29.3 Å². The zero-order valence-corrected chi connectivity index (χ0v) is 13.0. The Bertz CT molecular complexity index is 580. The highest BCUT2D eigenvalue weighted by Crippen LogP contribution is 2.19. The predicted octanol–water partition coefficient (Wildman–Crippen LogP) is 4.50. The molecular weight excluding hydrogens is 349 g/mol. The topological polar surface area (TPSA) is 29.1 Å². The van der Waals surface area contributed by atoms with Crippen molar-refractivity contribution in [2.45, 2.75) is 19.8 Å². The molecule has 98 valence electrons. The van der Waals surface area contributed by atoms with E-state index in [9.17, 15) is 4.79 Å². The van der Waals surface area contributed by atoms with Crippen molar-refractivity contribution in [1.29, 1.82) is 0 Å². The summed E-state index contributed by atoms with van der Waals surface area (Å²) < 4.78 is 0.963. The molecule has 0 atom stereocenters. The summed E-state index contributed by atoms with van der Waals surface area (Å²) in [4.78, 5) is 12.3. The van der Waals surface area contributed by atoms with Crippen LogP contribution < -0.4 is 5.32 Å². The first-order valence-electron chi connectivity index (χ1n) is 6.36. The number of halogens is 1. The molecule has 0 aromatic heterocycles. The number of hydrogen-bond acceptors (Lipinski definition) is 1. The van der Waals surface area contributed by atoms with Crippen LogP contribution in [0.15, 0.2) is 48.5 Å². The Morgan fingerprint density at radius 3 is 2.53 bits per heavy atom. The summed E-state index contributed by atoms with van der Waals surface area (Å²) >= 11 is 2.18. The Balaban J connectivity index is 2.22. The summed E-state index contributed by atoms with van der Waals surface area (Å²) in [5.41, 5.74) is 2.81. The largest absolute Gasteiger partial charge is 0.322 e. The number of aryl methyl sites for hydroxylation is 1. The lowest BCUT2D eigenvalue weighted by Crippen LogP contribution is -2.14. The summed E-state index contributed by atoms with van der Waals surface area (Å²) in [5.74, 6) is -0.0476. The van der Waals surface area contributed by atoms with Crippen LogP contribution in [0.25, 0.3) is 0 Å². The monoisotopic (exact) mass is 365 g/mol. The Morgan fingerprint density at radius 2 is 1.79 bits per heavy atom. The molecule has 0 aliphatic rings. The molecule has 1 N–H and O–H groups in total. The molecule has 1 amide bonds. The molecule has 0 aliphatic heterocycles. The third kappa shape index (κ3) is 3.56. The Morgan fingerprint density at radius 1 is 1.11 bits per heavy atom. The van der Waals surface area contributed by atoms with Gasteiger partial charge in [0.05, 0.1) is 5.56 Å². The van der Waals surface area contributed by atoms with E-state index in [1.165, 1.54) is 5.56 Å². The third-order valence-corrected chi connectivity index (χ3v) is 3.84. The van der Waals surface area contributed by atoms with E-state index in [1.54, 1.807) is 0 Å². The zero-order chi connectivity index (χ0) is 13.7. The molecule has 0 unspecified atom stereocenters. The molecule has 2 aromatic rings. The number of carbonyl (C=O) groups is 1. The van der Waals surface area contributed by atoms with Gasteiger partial charge in [-0.25, -0.2) is 0 Å². The van der Waals surface area contributed by atoms with Crippen LogP contribution in [0.5, 0.6) is 0 Å². The molecule has 2 rings (SSSR count). The van der Waals surface area contributed by atoms with Crippen molar-refractivity contribution >= 4 is 34.2 Å². The number of nitrogens with one attached hydrogen (secondary N) is 1. The third-order valence-electron chi connectivity index (χ3n) is 2.90. The van der Waals surface area contributed by atoms with Crippen LogP contribution in [0.4, 0.5) is 5.69 Å². The lowest BCUT2D eigenvalue weighted by atomic mass is 10.1. The summed E-state index contributed by atoms with van der Waals surface area (Å²) in [6.07, 6.45) is 2.04. The summed E-state index contributed by atoms with van der Waals surface area (Å²) in [6.45, 7) is 2.14. The highest BCUT2D eigenvalue weighted by molar-refractivity contribution is 14.1. The van der Waals surface area contributed by atoms with Crippen molar-refractivity contribution < 1.29 is 4.79 Å². The maximum Gasteiger partial charge on any atom is 0.256 e. The SMILES string of the molecule is CCCc1ccccc1NC(=O)c1ccccc1I. The fourth-order valence-corrected chi connectivity index (χ4v) is 2.60. The molecule has 0 saturated heterocycles. The number of amides is 1. The summed E-state index contributed by atoms with van der Waals surface area (Å²) in [5, 5.41) is 3.01. The van der Waals surface area contributed by atoms with Gasteiger partial charge in [0.1, 0.15) is 0 Å². The highest BCUT2D eigenvalue weighted by atomic mass is 127. The fraction of sp³-hybridized carbons (Fsp3) is 0.188. The maximum atomic E-state index is 12.3. The average molecular weight is 365 g/mol. The van der Waals surface area contributed by atoms with Crippen molar-refractivity contribution in [1.82, 2.24) is 0 Å². The van der Waals surface area contributed by atoms with Gasteiger partial charge in [-0.3, -0.25) is 4.79 Å². The van der Waals surface area contributed by atoms with Gasteiger partial charge in [-0.05, 0) is 52.8 Å². The Hall–Kier alpha value is -1.36. The van der Waals surface area contributed by atoms with Gasteiger partial charge in [-0.1, -0.05) is 43.7 Å². The van der Waals surface area contributed by atoms with Crippen LogP contribution in [0, 0.1) is 3.57 Å². The van der Waals surface area contributed by atoms with Crippen molar-refractivity contribution in [2.75, 3.05) is 5.32 Å². The summed E-state index contributed by atoms with van der Waals surface area (Å²) in [7, 11) is 0. The molecule has 19 heavy (non-hydrogen) atoms. The van der Waals surface area contributed by atoms with Crippen LogP contribution in [0.3, 0.4) is 0 Å². The fourth-order valence-electron chi connectivity index (χ4n) is 1.96. The van der Waals surface area contributed by atoms with E-state index in [-0.39, 0.29) is 5.91 Å². The lowest BCUT2D eigenvalue weighted by molar-refractivity contribution is 0.102. The Labute approximate surface area is 127 Å². The van der Waals surface area contributed by atoms with Crippen LogP contribution >= 0.6 is 22.6 Å². The van der Waals surface area contributed by atoms with Gasteiger partial charge in [0.2, 0.25) is 0 Å². The van der Waals surface area contributed by atoms with Gasteiger partial charge < -0.3 is 5.32 Å². The first-order chi connectivity index (χ1) is 9.22. The standard InChI is InChI=1S/C16H16INO/c1-2-7-12-8-3-6-11-15(12)18-16(19)13-9-4-5-10-14(13)17/h3-6,8-11H,2,7H2,1H3,(H,18,19). The number of hydrogen-bond donors (Lipinski definition) is 1. The molecule has 2 aromatic carbocycles. The van der Waals surface area contributed by atoms with Gasteiger partial charge in [-0.2, -0.15) is 0 Å². The molecule has 0 radical (unpaired) electrons. The predicted molar refractivity (Wildman–Crippen MR) is 87.5 cm³/mol. The second kappa shape index (κ2) is 6.70. The Kier molecular flexibility index (Phi) is 4.96. The summed E-state index contributed by atoms with van der Waals surface area (Å²) in [6, 6.07) is 15.6. The molecule has 3 heteroatoms. The van der Waals surface area contributed by atoms with Crippen LogP contribution in [0.2, 0.25) is 0 Å². The first-order valence-corrected chi connectivity index (χ1v) is 7.44. The number of para-hydroxylation sites is 1.